The second kappa shape index (κ2) is 5.29. The van der Waals surface area contributed by atoms with Gasteiger partial charge in [0.25, 0.3) is 0 Å². The Hall–Kier alpha value is 0.150. The van der Waals surface area contributed by atoms with E-state index in [0.717, 1.165) is 0 Å². The maximum absolute atomic E-state index is 9.63. The number of thiol groups is 1. The van der Waals surface area contributed by atoms with Gasteiger partial charge in [0, 0.05) is 6.61 Å². The molecular formula is C8H16O5S. The van der Waals surface area contributed by atoms with Crippen molar-refractivity contribution in [2.75, 3.05) is 13.2 Å². The average Bonchev–Trinajstić information content (AvgIpc) is 2.18. The topological polar surface area (TPSA) is 79.2 Å². The number of aliphatic hydroxyl groups is 3. The lowest BCUT2D eigenvalue weighted by Crippen LogP contribution is -2.57. The van der Waals surface area contributed by atoms with Crippen molar-refractivity contribution in [3.63, 3.8) is 0 Å². The van der Waals surface area contributed by atoms with Gasteiger partial charge >= 0.3 is 0 Å². The zero-order valence-electron chi connectivity index (χ0n) is 7.91. The van der Waals surface area contributed by atoms with Gasteiger partial charge in [-0.25, -0.2) is 0 Å². The van der Waals surface area contributed by atoms with Crippen LogP contribution in [-0.4, -0.2) is 58.4 Å². The molecule has 0 aromatic carbocycles. The third-order valence-electron chi connectivity index (χ3n) is 2.20. The minimum Gasteiger partial charge on any atom is -0.394 e. The Morgan fingerprint density at radius 1 is 1.36 bits per heavy atom. The molecule has 0 radical (unpaired) electrons. The van der Waals surface area contributed by atoms with E-state index in [0.29, 0.717) is 6.61 Å². The summed E-state index contributed by atoms with van der Waals surface area (Å²) < 4.78 is 10.3. The van der Waals surface area contributed by atoms with E-state index in [4.69, 9.17) is 14.6 Å². The molecule has 1 aliphatic rings. The highest BCUT2D eigenvalue weighted by Gasteiger charge is 2.43. The third-order valence-corrected chi connectivity index (χ3v) is 2.62. The van der Waals surface area contributed by atoms with Crippen LogP contribution < -0.4 is 0 Å². The quantitative estimate of drug-likeness (QED) is 0.451. The highest BCUT2D eigenvalue weighted by molar-refractivity contribution is 7.80. The predicted octanol–water partition coefficient (Wildman–Crippen LogP) is -1.24. The zero-order valence-corrected chi connectivity index (χ0v) is 8.80. The van der Waals surface area contributed by atoms with Crippen molar-refractivity contribution in [3.8, 4) is 0 Å². The Balaban J connectivity index is 2.63. The summed E-state index contributed by atoms with van der Waals surface area (Å²) in [6.45, 7) is 1.82. The van der Waals surface area contributed by atoms with Gasteiger partial charge in [0.2, 0.25) is 0 Å². The second-order valence-corrected chi connectivity index (χ2v) is 3.66. The van der Waals surface area contributed by atoms with Crippen LogP contribution in [0.2, 0.25) is 0 Å². The van der Waals surface area contributed by atoms with Crippen LogP contribution in [0, 0.1) is 0 Å². The lowest BCUT2D eigenvalue weighted by molar-refractivity contribution is -0.217. The molecule has 5 nitrogen and oxygen atoms in total. The number of hydrogen-bond acceptors (Lipinski definition) is 6. The van der Waals surface area contributed by atoms with Crippen molar-refractivity contribution in [1.29, 1.82) is 0 Å². The summed E-state index contributed by atoms with van der Waals surface area (Å²) in [5, 5.41) is 28.0. The lowest BCUT2D eigenvalue weighted by atomic mass is 10.0. The van der Waals surface area contributed by atoms with E-state index in [1.54, 1.807) is 6.92 Å². The van der Waals surface area contributed by atoms with Crippen molar-refractivity contribution in [2.45, 2.75) is 36.8 Å². The standard InChI is InChI=1S/C8H16O5S/c1-2-12-7-6(11)5(10)4(3-9)13-8(7)14/h4-11,14H,2-3H2,1H3/t4-,5+,6+,7-,8+/m1/s1. The number of rotatable bonds is 3. The molecule has 1 heterocycles. The molecule has 5 atom stereocenters. The SMILES string of the molecule is CCO[C@@H]1[C@@H](O)[C@@H](O)[C@@H](CO)O[C@H]1S. The minimum absolute atomic E-state index is 0.353. The molecule has 0 spiro atoms. The van der Waals surface area contributed by atoms with E-state index in [1.807, 2.05) is 0 Å². The fraction of sp³-hybridized carbons (Fsp3) is 1.00. The molecule has 0 aliphatic carbocycles. The first-order valence-electron chi connectivity index (χ1n) is 4.54. The molecule has 0 saturated carbocycles. The maximum Gasteiger partial charge on any atom is 0.129 e. The summed E-state index contributed by atoms with van der Waals surface area (Å²) in [5.41, 5.74) is -0.634. The molecule has 1 saturated heterocycles. The summed E-state index contributed by atoms with van der Waals surface area (Å²) in [4.78, 5) is 0. The first-order chi connectivity index (χ1) is 6.61. The van der Waals surface area contributed by atoms with Crippen LogP contribution in [0.1, 0.15) is 6.92 Å². The van der Waals surface area contributed by atoms with E-state index >= 15 is 0 Å². The van der Waals surface area contributed by atoms with Crippen LogP contribution in [0.3, 0.4) is 0 Å². The zero-order chi connectivity index (χ0) is 10.7. The van der Waals surface area contributed by atoms with Gasteiger partial charge in [-0.2, -0.15) is 0 Å². The van der Waals surface area contributed by atoms with Crippen LogP contribution >= 0.6 is 12.6 Å². The number of hydrogen-bond donors (Lipinski definition) is 4. The molecule has 0 bridgehead atoms. The van der Waals surface area contributed by atoms with Gasteiger partial charge in [0.1, 0.15) is 29.9 Å². The summed E-state index contributed by atoms with van der Waals surface area (Å²) >= 11 is 4.07. The van der Waals surface area contributed by atoms with Crippen molar-refractivity contribution in [2.24, 2.45) is 0 Å². The van der Waals surface area contributed by atoms with E-state index in [9.17, 15) is 10.2 Å². The van der Waals surface area contributed by atoms with Crippen LogP contribution in [0.25, 0.3) is 0 Å². The number of ether oxygens (including phenoxy) is 2. The molecule has 0 amide bonds. The molecule has 3 N–H and O–H groups in total. The predicted molar refractivity (Wildman–Crippen MR) is 52.2 cm³/mol. The van der Waals surface area contributed by atoms with Crippen molar-refractivity contribution >= 4 is 12.6 Å². The Labute approximate surface area is 88.1 Å². The highest BCUT2D eigenvalue weighted by atomic mass is 32.1. The first kappa shape index (κ1) is 12.2. The molecule has 0 aromatic rings. The fourth-order valence-electron chi connectivity index (χ4n) is 1.44. The molecule has 0 aromatic heterocycles. The Morgan fingerprint density at radius 3 is 2.50 bits per heavy atom. The third kappa shape index (κ3) is 2.39. The van der Waals surface area contributed by atoms with Gasteiger partial charge < -0.3 is 24.8 Å². The van der Waals surface area contributed by atoms with Crippen LogP contribution in [0.15, 0.2) is 0 Å². The molecule has 6 heteroatoms. The molecule has 14 heavy (non-hydrogen) atoms. The second-order valence-electron chi connectivity index (χ2n) is 3.15. The maximum atomic E-state index is 9.63. The van der Waals surface area contributed by atoms with Gasteiger partial charge in [0.05, 0.1) is 6.61 Å². The minimum atomic E-state index is -1.14. The number of aliphatic hydroxyl groups excluding tert-OH is 3. The Bertz CT molecular complexity index is 179. The van der Waals surface area contributed by atoms with Crippen LogP contribution in [0.4, 0.5) is 0 Å². The molecule has 84 valence electrons. The van der Waals surface area contributed by atoms with E-state index in [1.165, 1.54) is 0 Å². The first-order valence-corrected chi connectivity index (χ1v) is 5.05. The van der Waals surface area contributed by atoms with Crippen molar-refractivity contribution in [3.05, 3.63) is 0 Å². The van der Waals surface area contributed by atoms with Crippen molar-refractivity contribution < 1.29 is 24.8 Å². The van der Waals surface area contributed by atoms with Gasteiger partial charge in [0.15, 0.2) is 0 Å². The van der Waals surface area contributed by atoms with Gasteiger partial charge in [-0.1, -0.05) is 0 Å². The molecule has 1 rings (SSSR count). The van der Waals surface area contributed by atoms with Crippen molar-refractivity contribution in [1.82, 2.24) is 0 Å². The summed E-state index contributed by atoms with van der Waals surface area (Å²) in [6.07, 6.45) is -3.69. The van der Waals surface area contributed by atoms with Gasteiger partial charge in [-0.05, 0) is 6.92 Å². The average molecular weight is 224 g/mol. The van der Waals surface area contributed by atoms with E-state index < -0.39 is 29.9 Å². The smallest absolute Gasteiger partial charge is 0.129 e. The van der Waals surface area contributed by atoms with Gasteiger partial charge in [-0.3, -0.25) is 0 Å². The van der Waals surface area contributed by atoms with E-state index in [2.05, 4.69) is 12.6 Å². The van der Waals surface area contributed by atoms with Crippen LogP contribution in [0.5, 0.6) is 0 Å². The largest absolute Gasteiger partial charge is 0.394 e. The summed E-state index contributed by atoms with van der Waals surface area (Å²) in [5.74, 6) is 0. The monoisotopic (exact) mass is 224 g/mol. The molecule has 1 fully saturated rings. The van der Waals surface area contributed by atoms with E-state index in [-0.39, 0.29) is 6.61 Å². The Morgan fingerprint density at radius 2 is 2.00 bits per heavy atom. The summed E-state index contributed by atoms with van der Waals surface area (Å²) in [7, 11) is 0. The normalized spacial score (nSPS) is 43.9. The molecular weight excluding hydrogens is 208 g/mol. The lowest BCUT2D eigenvalue weighted by Gasteiger charge is -2.40. The summed E-state index contributed by atoms with van der Waals surface area (Å²) in [6, 6.07) is 0. The Kier molecular flexibility index (Phi) is 4.62. The van der Waals surface area contributed by atoms with Gasteiger partial charge in [-0.15, -0.1) is 12.6 Å². The van der Waals surface area contributed by atoms with Crippen LogP contribution in [-0.2, 0) is 9.47 Å². The molecule has 1 aliphatic heterocycles. The highest BCUT2D eigenvalue weighted by Crippen LogP contribution is 2.25. The molecule has 0 unspecified atom stereocenters. The fourth-order valence-corrected chi connectivity index (χ4v) is 1.86.